The Hall–Kier alpha value is -1.63. The largest absolute Gasteiger partial charge is 0.461 e. The van der Waals surface area contributed by atoms with Crippen LogP contribution in [-0.2, 0) is 9.47 Å². The van der Waals surface area contributed by atoms with Gasteiger partial charge < -0.3 is 14.4 Å². The maximum atomic E-state index is 12.2. The van der Waals surface area contributed by atoms with Gasteiger partial charge in [-0.25, -0.2) is 14.6 Å². The lowest BCUT2D eigenvalue weighted by Crippen LogP contribution is -2.42. The fourth-order valence-electron chi connectivity index (χ4n) is 2.44. The molecule has 0 N–H and O–H groups in total. The summed E-state index contributed by atoms with van der Waals surface area (Å²) in [6.07, 6.45) is 1.57. The van der Waals surface area contributed by atoms with Crippen LogP contribution in [0.1, 0.15) is 62.0 Å². The average Bonchev–Trinajstić information content (AvgIpc) is 2.96. The number of likely N-dealkylation sites (tertiary alicyclic amines) is 1. The second kappa shape index (κ2) is 7.29. The molecule has 2 rings (SSSR count). The molecule has 0 spiro atoms. The van der Waals surface area contributed by atoms with Gasteiger partial charge in [-0.1, -0.05) is 0 Å². The van der Waals surface area contributed by atoms with Crippen molar-refractivity contribution in [3.8, 4) is 0 Å². The number of aromatic nitrogens is 1. The highest BCUT2D eigenvalue weighted by Gasteiger charge is 2.30. The van der Waals surface area contributed by atoms with Gasteiger partial charge in [0.05, 0.1) is 11.6 Å². The van der Waals surface area contributed by atoms with Crippen molar-refractivity contribution in [2.45, 2.75) is 52.1 Å². The highest BCUT2D eigenvalue weighted by molar-refractivity contribution is 7.09. The number of ether oxygens (including phenoxy) is 2. The molecule has 23 heavy (non-hydrogen) atoms. The van der Waals surface area contributed by atoms with E-state index in [1.54, 1.807) is 17.2 Å². The predicted octanol–water partition coefficient (Wildman–Crippen LogP) is 3.43. The highest BCUT2D eigenvalue weighted by Crippen LogP contribution is 2.30. The van der Waals surface area contributed by atoms with E-state index < -0.39 is 11.6 Å². The molecule has 0 unspecified atom stereocenters. The number of esters is 1. The zero-order valence-electron chi connectivity index (χ0n) is 14.1. The number of rotatable bonds is 3. The number of piperidine rings is 1. The quantitative estimate of drug-likeness (QED) is 0.789. The fourth-order valence-corrected chi connectivity index (χ4v) is 3.36. The van der Waals surface area contributed by atoms with Crippen molar-refractivity contribution in [2.24, 2.45) is 0 Å². The molecule has 1 aliphatic rings. The van der Waals surface area contributed by atoms with E-state index in [1.807, 2.05) is 20.8 Å². The van der Waals surface area contributed by atoms with Crippen LogP contribution in [0, 0.1) is 0 Å². The lowest BCUT2D eigenvalue weighted by molar-refractivity contribution is 0.0197. The SMILES string of the molecule is CCOC(=O)c1csc([C@@H]2CCCN(C(=O)OC(C)(C)C)C2)n1. The van der Waals surface area contributed by atoms with Crippen molar-refractivity contribution in [2.75, 3.05) is 19.7 Å². The number of hydrogen-bond donors (Lipinski definition) is 0. The molecule has 1 saturated heterocycles. The molecule has 1 aromatic heterocycles. The average molecular weight is 340 g/mol. The zero-order valence-corrected chi connectivity index (χ0v) is 14.9. The summed E-state index contributed by atoms with van der Waals surface area (Å²) in [5, 5.41) is 2.60. The van der Waals surface area contributed by atoms with Crippen molar-refractivity contribution in [1.82, 2.24) is 9.88 Å². The molecular formula is C16H24N2O4S. The van der Waals surface area contributed by atoms with E-state index in [9.17, 15) is 9.59 Å². The van der Waals surface area contributed by atoms with Crippen LogP contribution in [0.15, 0.2) is 5.38 Å². The molecule has 0 radical (unpaired) electrons. The number of thiazole rings is 1. The molecule has 7 heteroatoms. The first kappa shape index (κ1) is 17.7. The zero-order chi connectivity index (χ0) is 17.0. The van der Waals surface area contributed by atoms with E-state index >= 15 is 0 Å². The first-order chi connectivity index (χ1) is 10.8. The Morgan fingerprint density at radius 1 is 1.43 bits per heavy atom. The molecular weight excluding hydrogens is 316 g/mol. The molecule has 0 bridgehead atoms. The van der Waals surface area contributed by atoms with Gasteiger partial charge in [0.2, 0.25) is 0 Å². The minimum absolute atomic E-state index is 0.143. The van der Waals surface area contributed by atoms with Crippen LogP contribution >= 0.6 is 11.3 Å². The summed E-state index contributed by atoms with van der Waals surface area (Å²) in [6.45, 7) is 8.95. The van der Waals surface area contributed by atoms with Gasteiger partial charge in [0.25, 0.3) is 0 Å². The van der Waals surface area contributed by atoms with Gasteiger partial charge in [-0.15, -0.1) is 11.3 Å². The van der Waals surface area contributed by atoms with Crippen molar-refractivity contribution in [3.63, 3.8) is 0 Å². The smallest absolute Gasteiger partial charge is 0.410 e. The summed E-state index contributed by atoms with van der Waals surface area (Å²) in [5.74, 6) is -0.251. The highest BCUT2D eigenvalue weighted by atomic mass is 32.1. The van der Waals surface area contributed by atoms with Gasteiger partial charge >= 0.3 is 12.1 Å². The van der Waals surface area contributed by atoms with Gasteiger partial charge in [-0.2, -0.15) is 0 Å². The summed E-state index contributed by atoms with van der Waals surface area (Å²) in [7, 11) is 0. The number of carbonyl (C=O) groups is 2. The number of carbonyl (C=O) groups excluding carboxylic acids is 2. The van der Waals surface area contributed by atoms with E-state index in [0.717, 1.165) is 17.8 Å². The molecule has 1 aromatic rings. The molecule has 1 amide bonds. The summed E-state index contributed by atoms with van der Waals surface area (Å²) in [5.41, 5.74) is -0.149. The van der Waals surface area contributed by atoms with Crippen LogP contribution in [-0.4, -0.2) is 47.2 Å². The maximum absolute atomic E-state index is 12.2. The Morgan fingerprint density at radius 2 is 2.17 bits per heavy atom. The van der Waals surface area contributed by atoms with Crippen LogP contribution in [0.5, 0.6) is 0 Å². The Balaban J connectivity index is 2.01. The summed E-state index contributed by atoms with van der Waals surface area (Å²) < 4.78 is 10.4. The molecule has 128 valence electrons. The van der Waals surface area contributed by atoms with Crippen LogP contribution in [0.3, 0.4) is 0 Å². The molecule has 6 nitrogen and oxygen atoms in total. The maximum Gasteiger partial charge on any atom is 0.410 e. The van der Waals surface area contributed by atoms with Crippen LogP contribution in [0.2, 0.25) is 0 Å². The molecule has 1 fully saturated rings. The summed E-state index contributed by atoms with van der Waals surface area (Å²) >= 11 is 1.45. The Kier molecular flexibility index (Phi) is 5.62. The summed E-state index contributed by atoms with van der Waals surface area (Å²) in [4.78, 5) is 30.0. The van der Waals surface area contributed by atoms with Gasteiger partial charge in [0.1, 0.15) is 5.60 Å². The normalized spacial score (nSPS) is 18.6. The third-order valence-corrected chi connectivity index (χ3v) is 4.44. The lowest BCUT2D eigenvalue weighted by atomic mass is 9.99. The van der Waals surface area contributed by atoms with E-state index in [2.05, 4.69) is 4.98 Å². The van der Waals surface area contributed by atoms with Crippen molar-refractivity contribution in [1.29, 1.82) is 0 Å². The van der Waals surface area contributed by atoms with Crippen LogP contribution in [0.4, 0.5) is 4.79 Å². The van der Waals surface area contributed by atoms with Crippen molar-refractivity contribution >= 4 is 23.4 Å². The monoisotopic (exact) mass is 340 g/mol. The van der Waals surface area contributed by atoms with Gasteiger partial charge in [0, 0.05) is 24.4 Å². The molecule has 0 aliphatic carbocycles. The van der Waals surface area contributed by atoms with Crippen molar-refractivity contribution < 1.29 is 19.1 Å². The van der Waals surface area contributed by atoms with Crippen LogP contribution in [0.25, 0.3) is 0 Å². The minimum atomic E-state index is -0.498. The fraction of sp³-hybridized carbons (Fsp3) is 0.688. The van der Waals surface area contributed by atoms with E-state index in [-0.39, 0.29) is 12.0 Å². The Bertz CT molecular complexity index is 565. The Labute approximate surface area is 140 Å². The van der Waals surface area contributed by atoms with Gasteiger partial charge in [-0.05, 0) is 40.5 Å². The number of hydrogen-bond acceptors (Lipinski definition) is 6. The number of nitrogens with zero attached hydrogens (tertiary/aromatic N) is 2. The van der Waals surface area contributed by atoms with Gasteiger partial charge in [0.15, 0.2) is 5.69 Å². The first-order valence-corrected chi connectivity index (χ1v) is 8.78. The predicted molar refractivity (Wildman–Crippen MR) is 87.9 cm³/mol. The van der Waals surface area contributed by atoms with Crippen LogP contribution < -0.4 is 0 Å². The molecule has 0 aromatic carbocycles. The number of amides is 1. The third kappa shape index (κ3) is 4.92. The molecule has 2 heterocycles. The topological polar surface area (TPSA) is 68.7 Å². The minimum Gasteiger partial charge on any atom is -0.461 e. The van der Waals surface area contributed by atoms with Crippen molar-refractivity contribution in [3.05, 3.63) is 16.1 Å². The third-order valence-electron chi connectivity index (χ3n) is 3.43. The molecule has 1 aliphatic heterocycles. The molecule has 0 saturated carbocycles. The second-order valence-corrected chi connectivity index (χ2v) is 7.45. The van der Waals surface area contributed by atoms with E-state index in [4.69, 9.17) is 9.47 Å². The lowest BCUT2D eigenvalue weighted by Gasteiger charge is -2.33. The van der Waals surface area contributed by atoms with E-state index in [1.165, 1.54) is 11.3 Å². The summed E-state index contributed by atoms with van der Waals surface area (Å²) in [6, 6.07) is 0. The standard InChI is InChI=1S/C16H24N2O4S/c1-5-21-14(19)12-10-23-13(17-12)11-7-6-8-18(9-11)15(20)22-16(2,3)4/h10-11H,5-9H2,1-4H3/t11-/m1/s1. The first-order valence-electron chi connectivity index (χ1n) is 7.90. The van der Waals surface area contributed by atoms with Gasteiger partial charge in [-0.3, -0.25) is 0 Å². The van der Waals surface area contributed by atoms with E-state index in [0.29, 0.717) is 25.4 Å². The second-order valence-electron chi connectivity index (χ2n) is 6.56. The molecule has 1 atom stereocenters. The Morgan fingerprint density at radius 3 is 2.83 bits per heavy atom.